The van der Waals surface area contributed by atoms with Gasteiger partial charge in [0.05, 0.1) is 6.42 Å². The first-order valence-electron chi connectivity index (χ1n) is 7.56. The quantitative estimate of drug-likeness (QED) is 0.890. The fourth-order valence-corrected chi connectivity index (χ4v) is 3.24. The Hall–Kier alpha value is -1.35. The summed E-state index contributed by atoms with van der Waals surface area (Å²) in [6, 6.07) is 10.5. The lowest BCUT2D eigenvalue weighted by molar-refractivity contribution is -0.138. The molecule has 1 aliphatic rings. The Balaban J connectivity index is 2.12. The van der Waals surface area contributed by atoms with E-state index < -0.39 is 5.97 Å². The number of carboxylic acid groups (broad SMARTS) is 1. The summed E-state index contributed by atoms with van der Waals surface area (Å²) >= 11 is 0. The van der Waals surface area contributed by atoms with Gasteiger partial charge in [0.25, 0.3) is 0 Å². The van der Waals surface area contributed by atoms with Gasteiger partial charge >= 0.3 is 5.97 Å². The molecule has 0 aromatic heterocycles. The van der Waals surface area contributed by atoms with Crippen molar-refractivity contribution in [2.24, 2.45) is 5.92 Å². The second-order valence-corrected chi connectivity index (χ2v) is 6.10. The molecule has 1 atom stereocenters. The van der Waals surface area contributed by atoms with Crippen molar-refractivity contribution in [3.05, 3.63) is 35.9 Å². The molecule has 2 rings (SSSR count). The normalized spacial score (nSPS) is 24.6. The maximum absolute atomic E-state index is 11.2. The van der Waals surface area contributed by atoms with E-state index in [-0.39, 0.29) is 12.5 Å². The van der Waals surface area contributed by atoms with Gasteiger partial charge < -0.3 is 5.11 Å². The summed E-state index contributed by atoms with van der Waals surface area (Å²) in [4.78, 5) is 13.5. The first-order valence-corrected chi connectivity index (χ1v) is 7.56. The lowest BCUT2D eigenvalue weighted by atomic mass is 9.85. The van der Waals surface area contributed by atoms with E-state index >= 15 is 0 Å². The number of nitrogens with zero attached hydrogens (tertiary/aromatic N) is 1. The second kappa shape index (κ2) is 6.89. The molecule has 0 bridgehead atoms. The summed E-state index contributed by atoms with van der Waals surface area (Å²) < 4.78 is 0. The van der Waals surface area contributed by atoms with Crippen LogP contribution in [0.2, 0.25) is 0 Å². The lowest BCUT2D eigenvalue weighted by Crippen LogP contribution is -2.38. The Morgan fingerprint density at radius 1 is 1.25 bits per heavy atom. The highest BCUT2D eigenvalue weighted by molar-refractivity contribution is 5.68. The molecular weight excluding hydrogens is 250 g/mol. The van der Waals surface area contributed by atoms with Crippen LogP contribution in [0.15, 0.2) is 30.3 Å². The van der Waals surface area contributed by atoms with Crippen molar-refractivity contribution >= 4 is 5.97 Å². The third kappa shape index (κ3) is 3.83. The number of hydrogen-bond donors (Lipinski definition) is 1. The predicted molar refractivity (Wildman–Crippen MR) is 80.6 cm³/mol. The van der Waals surface area contributed by atoms with Gasteiger partial charge in [-0.05, 0) is 44.2 Å². The number of carboxylic acids is 1. The smallest absolute Gasteiger partial charge is 0.305 e. The third-order valence-corrected chi connectivity index (χ3v) is 4.61. The summed E-state index contributed by atoms with van der Waals surface area (Å²) in [6.45, 7) is 2.31. The Labute approximate surface area is 121 Å². The highest BCUT2D eigenvalue weighted by atomic mass is 16.4. The van der Waals surface area contributed by atoms with E-state index in [1.54, 1.807) is 0 Å². The molecule has 0 heterocycles. The number of rotatable bonds is 5. The average molecular weight is 275 g/mol. The van der Waals surface area contributed by atoms with Crippen LogP contribution in [0.3, 0.4) is 0 Å². The fourth-order valence-electron chi connectivity index (χ4n) is 3.24. The van der Waals surface area contributed by atoms with Crippen LogP contribution in [0.4, 0.5) is 0 Å². The van der Waals surface area contributed by atoms with Gasteiger partial charge in [0.2, 0.25) is 0 Å². The highest BCUT2D eigenvalue weighted by Gasteiger charge is 2.28. The molecule has 110 valence electrons. The van der Waals surface area contributed by atoms with Crippen LogP contribution >= 0.6 is 0 Å². The summed E-state index contributed by atoms with van der Waals surface area (Å²) in [5.74, 6) is 0.0872. The largest absolute Gasteiger partial charge is 0.481 e. The Kier molecular flexibility index (Phi) is 5.18. The minimum absolute atomic E-state index is 0.0212. The monoisotopic (exact) mass is 275 g/mol. The number of aliphatic carboxylic acids is 1. The van der Waals surface area contributed by atoms with Crippen LogP contribution in [0, 0.1) is 5.92 Å². The standard InChI is InChI=1S/C17H25NO2/c1-13-8-10-15(11-9-13)18(2)16(12-17(19)20)14-6-4-3-5-7-14/h3-7,13,15-16H,8-12H2,1-2H3,(H,19,20). The van der Waals surface area contributed by atoms with Gasteiger partial charge in [-0.25, -0.2) is 0 Å². The Bertz CT molecular complexity index is 424. The molecular formula is C17H25NO2. The first kappa shape index (κ1) is 15.0. The van der Waals surface area contributed by atoms with Gasteiger partial charge in [0, 0.05) is 12.1 Å². The lowest BCUT2D eigenvalue weighted by Gasteiger charge is -2.38. The van der Waals surface area contributed by atoms with E-state index in [0.717, 1.165) is 11.5 Å². The van der Waals surface area contributed by atoms with Crippen LogP contribution in [-0.4, -0.2) is 29.1 Å². The average Bonchev–Trinajstić information content (AvgIpc) is 2.45. The van der Waals surface area contributed by atoms with Crippen LogP contribution in [0.5, 0.6) is 0 Å². The first-order chi connectivity index (χ1) is 9.58. The molecule has 1 N–H and O–H groups in total. The molecule has 1 fully saturated rings. The van der Waals surface area contributed by atoms with E-state index in [1.165, 1.54) is 25.7 Å². The SMILES string of the molecule is CC1CCC(N(C)C(CC(=O)O)c2ccccc2)CC1. The zero-order chi connectivity index (χ0) is 14.5. The molecule has 1 aromatic carbocycles. The summed E-state index contributed by atoms with van der Waals surface area (Å²) in [7, 11) is 2.08. The molecule has 0 radical (unpaired) electrons. The van der Waals surface area contributed by atoms with Crippen molar-refractivity contribution in [1.29, 1.82) is 0 Å². The zero-order valence-electron chi connectivity index (χ0n) is 12.5. The highest BCUT2D eigenvalue weighted by Crippen LogP contribution is 2.32. The minimum atomic E-state index is -0.727. The van der Waals surface area contributed by atoms with Crippen molar-refractivity contribution in [3.63, 3.8) is 0 Å². The maximum atomic E-state index is 11.2. The summed E-state index contributed by atoms with van der Waals surface area (Å²) in [5, 5.41) is 9.21. The van der Waals surface area contributed by atoms with Crippen molar-refractivity contribution in [2.75, 3.05) is 7.05 Å². The topological polar surface area (TPSA) is 40.5 Å². The van der Waals surface area contributed by atoms with E-state index in [1.807, 2.05) is 30.3 Å². The Morgan fingerprint density at radius 2 is 1.85 bits per heavy atom. The van der Waals surface area contributed by atoms with E-state index in [2.05, 4.69) is 18.9 Å². The van der Waals surface area contributed by atoms with Crippen molar-refractivity contribution < 1.29 is 9.90 Å². The van der Waals surface area contributed by atoms with Gasteiger partial charge in [-0.3, -0.25) is 9.69 Å². The zero-order valence-corrected chi connectivity index (χ0v) is 12.5. The van der Waals surface area contributed by atoms with Crippen LogP contribution in [-0.2, 0) is 4.79 Å². The summed E-state index contributed by atoms with van der Waals surface area (Å²) in [6.07, 6.45) is 5.04. The molecule has 0 aliphatic heterocycles. The van der Waals surface area contributed by atoms with Crippen LogP contribution in [0.1, 0.15) is 50.6 Å². The molecule has 1 aliphatic carbocycles. The predicted octanol–water partition coefficient (Wildman–Crippen LogP) is 3.71. The Morgan fingerprint density at radius 3 is 2.40 bits per heavy atom. The van der Waals surface area contributed by atoms with Crippen LogP contribution in [0.25, 0.3) is 0 Å². The number of benzene rings is 1. The van der Waals surface area contributed by atoms with Gasteiger partial charge in [0.15, 0.2) is 0 Å². The fraction of sp³-hybridized carbons (Fsp3) is 0.588. The minimum Gasteiger partial charge on any atom is -0.481 e. The van der Waals surface area contributed by atoms with E-state index in [0.29, 0.717) is 6.04 Å². The van der Waals surface area contributed by atoms with Crippen molar-refractivity contribution in [1.82, 2.24) is 4.90 Å². The molecule has 1 aromatic rings. The number of hydrogen-bond acceptors (Lipinski definition) is 2. The molecule has 1 saturated carbocycles. The molecule has 3 nitrogen and oxygen atoms in total. The van der Waals surface area contributed by atoms with Gasteiger partial charge in [-0.15, -0.1) is 0 Å². The second-order valence-electron chi connectivity index (χ2n) is 6.10. The maximum Gasteiger partial charge on any atom is 0.305 e. The van der Waals surface area contributed by atoms with Crippen molar-refractivity contribution in [3.8, 4) is 0 Å². The van der Waals surface area contributed by atoms with Crippen LogP contribution < -0.4 is 0 Å². The number of carbonyl (C=O) groups is 1. The van der Waals surface area contributed by atoms with Gasteiger partial charge in [-0.1, -0.05) is 37.3 Å². The van der Waals surface area contributed by atoms with E-state index in [4.69, 9.17) is 0 Å². The molecule has 1 unspecified atom stereocenters. The van der Waals surface area contributed by atoms with E-state index in [9.17, 15) is 9.90 Å². The third-order valence-electron chi connectivity index (χ3n) is 4.61. The van der Waals surface area contributed by atoms with Gasteiger partial charge in [-0.2, -0.15) is 0 Å². The summed E-state index contributed by atoms with van der Waals surface area (Å²) in [5.41, 5.74) is 1.11. The molecule has 3 heteroatoms. The van der Waals surface area contributed by atoms with Gasteiger partial charge in [0.1, 0.15) is 0 Å². The molecule has 0 saturated heterocycles. The van der Waals surface area contributed by atoms with Crippen molar-refractivity contribution in [2.45, 2.75) is 51.1 Å². The molecule has 20 heavy (non-hydrogen) atoms. The molecule has 0 amide bonds. The molecule has 0 spiro atoms.